The molecule has 14 heteroatoms. The van der Waals surface area contributed by atoms with E-state index in [0.717, 1.165) is 49.5 Å². The van der Waals surface area contributed by atoms with Crippen molar-refractivity contribution in [2.24, 2.45) is 7.05 Å². The third-order valence-electron chi connectivity index (χ3n) is 10.9. The maximum absolute atomic E-state index is 15.4. The lowest BCUT2D eigenvalue weighted by Crippen LogP contribution is -2.43. The van der Waals surface area contributed by atoms with Crippen LogP contribution in [0.1, 0.15) is 69.2 Å². The summed E-state index contributed by atoms with van der Waals surface area (Å²) in [4.78, 5) is 29.9. The smallest absolute Gasteiger partial charge is 0.352 e. The summed E-state index contributed by atoms with van der Waals surface area (Å²) in [6, 6.07) is 10.9. The van der Waals surface area contributed by atoms with E-state index < -0.39 is 5.97 Å². The molecule has 6 aromatic rings. The number of aromatic nitrogens is 4. The third-order valence-corrected chi connectivity index (χ3v) is 11.8. The molecule has 6 heterocycles. The van der Waals surface area contributed by atoms with Crippen LogP contribution in [0.2, 0.25) is 10.0 Å². The summed E-state index contributed by atoms with van der Waals surface area (Å²) >= 11 is 13.6. The number of rotatable bonds is 8. The van der Waals surface area contributed by atoms with Crippen LogP contribution in [0, 0.1) is 13.8 Å². The van der Waals surface area contributed by atoms with E-state index >= 15 is 4.79 Å². The van der Waals surface area contributed by atoms with Crippen molar-refractivity contribution in [3.63, 3.8) is 0 Å². The molecule has 1 amide bonds. The Morgan fingerprint density at radius 2 is 1.82 bits per heavy atom. The molecule has 12 nitrogen and oxygen atoms in total. The second-order valence-corrected chi connectivity index (χ2v) is 15.3. The number of carboxylic acids is 1. The zero-order chi connectivity index (χ0) is 39.6. The fraction of sp³-hybridized carbons (Fsp3) is 0.357. The van der Waals surface area contributed by atoms with Gasteiger partial charge >= 0.3 is 5.97 Å². The molecule has 3 aliphatic rings. The number of carbonyl (C=O) groups excluding carboxylic acids is 1. The zero-order valence-corrected chi connectivity index (χ0v) is 33.7. The van der Waals surface area contributed by atoms with E-state index in [1.54, 1.807) is 26.3 Å². The number of hydrogen-bond donors (Lipinski definition) is 1. The summed E-state index contributed by atoms with van der Waals surface area (Å²) in [6.07, 6.45) is 3.58. The molecule has 292 valence electrons. The highest BCUT2D eigenvalue weighted by molar-refractivity contribution is 6.35. The van der Waals surface area contributed by atoms with Crippen LogP contribution in [0.25, 0.3) is 32.9 Å². The lowest BCUT2D eigenvalue weighted by atomic mass is 9.99. The van der Waals surface area contributed by atoms with Gasteiger partial charge in [-0.1, -0.05) is 29.3 Å². The minimum absolute atomic E-state index is 0.0681. The number of anilines is 1. The number of carboxylic acid groups (broad SMARTS) is 1. The van der Waals surface area contributed by atoms with E-state index in [9.17, 15) is 9.90 Å². The van der Waals surface area contributed by atoms with Crippen molar-refractivity contribution in [1.29, 1.82) is 0 Å². The summed E-state index contributed by atoms with van der Waals surface area (Å²) in [7, 11) is 4.91. The SMILES string of the molecule is COc1cc2c3c(cc(C(=O)O)n3CCCOCc3nn(C)cc3-c3c(Cl)ccc4c(CCCOc5cc(C)c(Cl)c(C)c5)c5n(c34)[C@H](C)CN2C5=O)c1OC. The number of aromatic carboxylic acids is 1. The van der Waals surface area contributed by atoms with Gasteiger partial charge in [0.2, 0.25) is 0 Å². The van der Waals surface area contributed by atoms with Crippen molar-refractivity contribution in [3.8, 4) is 28.4 Å². The molecule has 0 aliphatic carbocycles. The lowest BCUT2D eigenvalue weighted by molar-refractivity contribution is 0.0683. The molecule has 0 unspecified atom stereocenters. The van der Waals surface area contributed by atoms with Gasteiger partial charge in [-0.05, 0) is 81.0 Å². The molecule has 0 fully saturated rings. The van der Waals surface area contributed by atoms with E-state index in [1.807, 2.05) is 51.4 Å². The first-order valence-electron chi connectivity index (χ1n) is 18.6. The molecular formula is C42H43Cl2N5O7. The monoisotopic (exact) mass is 799 g/mol. The van der Waals surface area contributed by atoms with Gasteiger partial charge in [0.15, 0.2) is 11.5 Å². The Hall–Kier alpha value is -5.17. The normalized spacial score (nSPS) is 15.6. The molecule has 3 aromatic carbocycles. The van der Waals surface area contributed by atoms with Gasteiger partial charge in [-0.3, -0.25) is 9.48 Å². The van der Waals surface area contributed by atoms with Gasteiger partial charge in [0, 0.05) is 72.0 Å². The number of methoxy groups -OCH3 is 2. The molecule has 4 bridgehead atoms. The number of hydrogen-bond acceptors (Lipinski definition) is 7. The van der Waals surface area contributed by atoms with E-state index in [-0.39, 0.29) is 24.2 Å². The average Bonchev–Trinajstić information content (AvgIpc) is 3.84. The Bertz CT molecular complexity index is 2550. The fourth-order valence-corrected chi connectivity index (χ4v) is 8.89. The third kappa shape index (κ3) is 6.14. The van der Waals surface area contributed by atoms with E-state index in [1.165, 1.54) is 14.2 Å². The Morgan fingerprint density at radius 3 is 2.54 bits per heavy atom. The van der Waals surface area contributed by atoms with Crippen molar-refractivity contribution < 1.29 is 33.6 Å². The van der Waals surface area contributed by atoms with Crippen LogP contribution in [0.4, 0.5) is 5.69 Å². The van der Waals surface area contributed by atoms with Gasteiger partial charge in [-0.2, -0.15) is 5.10 Å². The average molecular weight is 801 g/mol. The quantitative estimate of drug-likeness (QED) is 0.152. The molecule has 0 saturated carbocycles. The standard InChI is InChI=1S/C42H43Cl2N5O7/c1-22-15-25(16-23(2)36(22)44)56-14-7-9-26-27-10-11-30(43)35-29-20-46(4)45-31(29)21-55-13-8-12-47-33(42(51)52)17-28-37(47)32(18-34(53-5)40(28)54-6)48-19-24(3)49(38(27)35)39(26)41(48)50/h10-11,15-18,20,24H,7-9,12-14,19,21H2,1-6H3,(H,51,52)/t24-/m1/s1. The minimum atomic E-state index is -1.10. The maximum Gasteiger partial charge on any atom is 0.352 e. The van der Waals surface area contributed by atoms with Crippen molar-refractivity contribution in [2.45, 2.75) is 59.2 Å². The minimum Gasteiger partial charge on any atom is -0.494 e. The van der Waals surface area contributed by atoms with Crippen LogP contribution in [0.3, 0.4) is 0 Å². The fourth-order valence-electron chi connectivity index (χ4n) is 8.53. The largest absolute Gasteiger partial charge is 0.494 e. The second kappa shape index (κ2) is 14.7. The van der Waals surface area contributed by atoms with Crippen LogP contribution in [0.15, 0.2) is 42.6 Å². The second-order valence-electron chi connectivity index (χ2n) is 14.6. The highest BCUT2D eigenvalue weighted by Crippen LogP contribution is 2.48. The van der Waals surface area contributed by atoms with Gasteiger partial charge < -0.3 is 38.1 Å². The number of halogens is 2. The van der Waals surface area contributed by atoms with Crippen LogP contribution in [0.5, 0.6) is 17.2 Å². The van der Waals surface area contributed by atoms with Gasteiger partial charge in [-0.25, -0.2) is 4.79 Å². The Balaban J connectivity index is 1.35. The topological polar surface area (TPSA) is 122 Å². The van der Waals surface area contributed by atoms with Crippen LogP contribution in [-0.4, -0.2) is 69.9 Å². The van der Waals surface area contributed by atoms with Gasteiger partial charge in [0.25, 0.3) is 5.91 Å². The summed E-state index contributed by atoms with van der Waals surface area (Å²) in [5, 5.41) is 17.9. The number of amides is 1. The Morgan fingerprint density at radius 1 is 1.05 bits per heavy atom. The zero-order valence-electron chi connectivity index (χ0n) is 32.2. The van der Waals surface area contributed by atoms with Crippen molar-refractivity contribution in [1.82, 2.24) is 18.9 Å². The number of benzene rings is 3. The summed E-state index contributed by atoms with van der Waals surface area (Å²) < 4.78 is 29.7. The predicted octanol–water partition coefficient (Wildman–Crippen LogP) is 8.79. The van der Waals surface area contributed by atoms with E-state index in [0.29, 0.717) is 90.1 Å². The molecule has 0 saturated heterocycles. The van der Waals surface area contributed by atoms with Gasteiger partial charge in [0.1, 0.15) is 17.1 Å². The molecule has 3 aliphatic heterocycles. The number of nitrogens with zero attached hydrogens (tertiary/aromatic N) is 5. The number of aryl methyl sites for hydroxylation is 5. The van der Waals surface area contributed by atoms with Crippen molar-refractivity contribution in [3.05, 3.63) is 86.4 Å². The maximum atomic E-state index is 15.4. The summed E-state index contributed by atoms with van der Waals surface area (Å²) in [5.41, 5.74) is 7.63. The highest BCUT2D eigenvalue weighted by atomic mass is 35.5. The molecule has 9 rings (SSSR count). The van der Waals surface area contributed by atoms with Crippen LogP contribution in [-0.2, 0) is 31.4 Å². The van der Waals surface area contributed by atoms with E-state index in [4.69, 9.17) is 47.2 Å². The number of fused-ring (bicyclic) bond motifs is 5. The van der Waals surface area contributed by atoms with Crippen LogP contribution < -0.4 is 19.1 Å². The molecule has 0 spiro atoms. The van der Waals surface area contributed by atoms with Crippen molar-refractivity contribution >= 4 is 62.6 Å². The first kappa shape index (κ1) is 37.7. The van der Waals surface area contributed by atoms with Gasteiger partial charge in [0.05, 0.1) is 54.9 Å². The predicted molar refractivity (Wildman–Crippen MR) is 217 cm³/mol. The summed E-state index contributed by atoms with van der Waals surface area (Å²) in [6.45, 7) is 7.55. The Labute approximate surface area is 334 Å². The highest BCUT2D eigenvalue weighted by Gasteiger charge is 2.38. The number of carbonyl (C=O) groups is 2. The summed E-state index contributed by atoms with van der Waals surface area (Å²) in [5.74, 6) is 0.192. The molecule has 1 atom stereocenters. The van der Waals surface area contributed by atoms with Gasteiger partial charge in [-0.15, -0.1) is 0 Å². The molecular weight excluding hydrogens is 757 g/mol. The molecule has 1 N–H and O–H groups in total. The van der Waals surface area contributed by atoms with E-state index in [2.05, 4.69) is 11.5 Å². The molecule has 0 radical (unpaired) electrons. The molecule has 56 heavy (non-hydrogen) atoms. The molecule has 3 aromatic heterocycles. The lowest BCUT2D eigenvalue weighted by Gasteiger charge is -2.35. The first-order valence-corrected chi connectivity index (χ1v) is 19.4. The Kier molecular flexibility index (Phi) is 9.92. The van der Waals surface area contributed by atoms with Crippen molar-refractivity contribution in [2.75, 3.05) is 38.9 Å². The van der Waals surface area contributed by atoms with Crippen LogP contribution >= 0.6 is 23.2 Å². The number of ether oxygens (including phenoxy) is 4. The first-order chi connectivity index (χ1) is 26.9.